The van der Waals surface area contributed by atoms with Crippen molar-refractivity contribution in [1.82, 2.24) is 0 Å². The summed E-state index contributed by atoms with van der Waals surface area (Å²) in [6, 6.07) is 0. The van der Waals surface area contributed by atoms with Crippen LogP contribution in [0.2, 0.25) is 0 Å². The molecule has 0 aromatic carbocycles. The first-order valence-corrected chi connectivity index (χ1v) is 29.2. The van der Waals surface area contributed by atoms with Gasteiger partial charge in [0.05, 0.1) is 27.7 Å². The van der Waals surface area contributed by atoms with Crippen molar-refractivity contribution in [3.8, 4) is 0 Å². The lowest BCUT2D eigenvalue weighted by Crippen LogP contribution is -2.37. The van der Waals surface area contributed by atoms with Crippen LogP contribution in [0, 0.1) is 0 Å². The molecule has 0 heterocycles. The highest BCUT2D eigenvalue weighted by Gasteiger charge is 2.27. The number of allylic oxidation sites excluding steroid dienone is 6. The van der Waals surface area contributed by atoms with Crippen LogP contribution in [0.15, 0.2) is 36.5 Å². The van der Waals surface area contributed by atoms with Crippen molar-refractivity contribution in [2.45, 2.75) is 264 Å². The summed E-state index contributed by atoms with van der Waals surface area (Å²) >= 11 is 0. The third-order valence-corrected chi connectivity index (χ3v) is 13.1. The lowest BCUT2D eigenvalue weighted by Gasteiger charge is -2.24. The van der Waals surface area contributed by atoms with E-state index in [9.17, 15) is 19.0 Å². The molecule has 10 heteroatoms. The molecule has 9 nitrogen and oxygen atoms in total. The topological polar surface area (TPSA) is 108 Å². The van der Waals surface area contributed by atoms with Crippen LogP contribution >= 0.6 is 7.82 Å². The molecule has 0 aliphatic heterocycles. The number of carbonyl (C=O) groups excluding carboxylic acids is 2. The van der Waals surface area contributed by atoms with Gasteiger partial charge >= 0.3 is 19.8 Å². The average Bonchev–Trinajstić information content (AvgIpc) is 3.27. The molecular weight excluding hydrogens is 846 g/mol. The lowest BCUT2D eigenvalue weighted by molar-refractivity contribution is -0.870. The van der Waals surface area contributed by atoms with Gasteiger partial charge in [-0.05, 0) is 70.6 Å². The Morgan fingerprint density at radius 1 is 0.470 bits per heavy atom. The number of unbranched alkanes of at least 4 members (excludes halogenated alkanes) is 31. The highest BCUT2D eigenvalue weighted by atomic mass is 31.2. The molecule has 0 amide bonds. The van der Waals surface area contributed by atoms with Gasteiger partial charge in [0.25, 0.3) is 0 Å². The molecule has 66 heavy (non-hydrogen) atoms. The second-order valence-corrected chi connectivity index (χ2v) is 21.4. The fraction of sp³-hybridized carbons (Fsp3) is 0.857. The predicted molar refractivity (Wildman–Crippen MR) is 280 cm³/mol. The quantitative estimate of drug-likeness (QED) is 0.0211. The van der Waals surface area contributed by atoms with Crippen LogP contribution in [0.5, 0.6) is 0 Å². The van der Waals surface area contributed by atoms with Crippen LogP contribution in [0.4, 0.5) is 0 Å². The van der Waals surface area contributed by atoms with Crippen molar-refractivity contribution < 1.29 is 42.1 Å². The molecule has 0 fully saturated rings. The van der Waals surface area contributed by atoms with Crippen molar-refractivity contribution in [2.75, 3.05) is 47.5 Å². The number of ether oxygens (including phenoxy) is 2. The van der Waals surface area contributed by atoms with Crippen LogP contribution in [0.25, 0.3) is 0 Å². The number of esters is 2. The Morgan fingerprint density at radius 3 is 1.21 bits per heavy atom. The predicted octanol–water partition coefficient (Wildman–Crippen LogP) is 16.8. The van der Waals surface area contributed by atoms with Crippen LogP contribution < -0.4 is 0 Å². The fourth-order valence-corrected chi connectivity index (χ4v) is 8.55. The normalized spacial score (nSPS) is 13.6. The number of hydrogen-bond donors (Lipinski definition) is 1. The van der Waals surface area contributed by atoms with Gasteiger partial charge in [-0.25, -0.2) is 4.57 Å². The summed E-state index contributed by atoms with van der Waals surface area (Å²) in [5.74, 6) is -0.793. The van der Waals surface area contributed by atoms with Crippen molar-refractivity contribution in [3.05, 3.63) is 36.5 Å². The second-order valence-electron chi connectivity index (χ2n) is 20.0. The molecule has 2 unspecified atom stereocenters. The highest BCUT2D eigenvalue weighted by molar-refractivity contribution is 7.47. The van der Waals surface area contributed by atoms with Crippen LogP contribution in [0.3, 0.4) is 0 Å². The summed E-state index contributed by atoms with van der Waals surface area (Å²) in [7, 11) is 1.48. The summed E-state index contributed by atoms with van der Waals surface area (Å²) in [5, 5.41) is 0. The Bertz CT molecular complexity index is 1210. The molecule has 0 spiro atoms. The molecule has 0 rings (SSSR count). The third-order valence-electron chi connectivity index (χ3n) is 12.1. The van der Waals surface area contributed by atoms with E-state index in [2.05, 4.69) is 50.3 Å². The van der Waals surface area contributed by atoms with Gasteiger partial charge in [0.15, 0.2) is 6.10 Å². The van der Waals surface area contributed by atoms with Gasteiger partial charge in [-0.1, -0.05) is 211 Å². The highest BCUT2D eigenvalue weighted by Crippen LogP contribution is 2.43. The first kappa shape index (κ1) is 64.2. The molecular formula is C56H107NO8P+. The second kappa shape index (κ2) is 48.3. The SMILES string of the molecule is CCCCCCC/C=C\C/C=C\CCCCCCCCCCCCCC(=O)OC(COC(=O)CCCCCCCCCCC/C=C\CCCCCCCC)COP(=O)(O)OCC[N+](C)(C)C. The Labute approximate surface area is 408 Å². The molecule has 2 atom stereocenters. The van der Waals surface area contributed by atoms with Gasteiger partial charge in [0.2, 0.25) is 0 Å². The number of rotatable bonds is 51. The van der Waals surface area contributed by atoms with Gasteiger partial charge in [-0.2, -0.15) is 0 Å². The van der Waals surface area contributed by atoms with Gasteiger partial charge in [0, 0.05) is 12.8 Å². The van der Waals surface area contributed by atoms with Gasteiger partial charge in [-0.15, -0.1) is 0 Å². The van der Waals surface area contributed by atoms with Crippen molar-refractivity contribution in [1.29, 1.82) is 0 Å². The van der Waals surface area contributed by atoms with Gasteiger partial charge < -0.3 is 18.9 Å². The summed E-state index contributed by atoms with van der Waals surface area (Å²) in [4.78, 5) is 35.6. The third kappa shape index (κ3) is 51.6. The molecule has 0 saturated heterocycles. The minimum absolute atomic E-state index is 0.0317. The summed E-state index contributed by atoms with van der Waals surface area (Å²) in [5.41, 5.74) is 0. The molecule has 388 valence electrons. The molecule has 0 aromatic rings. The monoisotopic (exact) mass is 953 g/mol. The van der Waals surface area contributed by atoms with E-state index in [0.717, 1.165) is 44.9 Å². The zero-order valence-corrected chi connectivity index (χ0v) is 44.8. The van der Waals surface area contributed by atoms with E-state index in [4.69, 9.17) is 18.5 Å². The Kier molecular flexibility index (Phi) is 47.0. The smallest absolute Gasteiger partial charge is 0.462 e. The molecule has 0 aliphatic carbocycles. The number of phosphoric acid groups is 1. The molecule has 0 saturated carbocycles. The largest absolute Gasteiger partial charge is 0.472 e. The number of quaternary nitrogens is 1. The van der Waals surface area contributed by atoms with E-state index >= 15 is 0 Å². The summed E-state index contributed by atoms with van der Waals surface area (Å²) < 4.78 is 34.5. The van der Waals surface area contributed by atoms with Crippen molar-refractivity contribution in [3.63, 3.8) is 0 Å². The average molecular weight is 953 g/mol. The molecule has 1 N–H and O–H groups in total. The number of hydrogen-bond acceptors (Lipinski definition) is 7. The van der Waals surface area contributed by atoms with E-state index in [0.29, 0.717) is 17.4 Å². The van der Waals surface area contributed by atoms with E-state index in [-0.39, 0.29) is 32.0 Å². The zero-order valence-electron chi connectivity index (χ0n) is 43.9. The maximum Gasteiger partial charge on any atom is 0.472 e. The summed E-state index contributed by atoms with van der Waals surface area (Å²) in [6.07, 6.45) is 57.7. The molecule has 0 aromatic heterocycles. The fourth-order valence-electron chi connectivity index (χ4n) is 7.81. The van der Waals surface area contributed by atoms with Crippen LogP contribution in [-0.4, -0.2) is 74.9 Å². The Hall–Kier alpha value is -1.77. The molecule has 0 aliphatic rings. The number of carbonyl (C=O) groups is 2. The van der Waals surface area contributed by atoms with E-state index in [1.807, 2.05) is 21.1 Å². The summed E-state index contributed by atoms with van der Waals surface area (Å²) in [6.45, 7) is 4.44. The van der Waals surface area contributed by atoms with E-state index in [1.54, 1.807) is 0 Å². The number of nitrogens with zero attached hydrogens (tertiary/aromatic N) is 1. The Morgan fingerprint density at radius 2 is 0.818 bits per heavy atom. The van der Waals surface area contributed by atoms with Crippen LogP contribution in [-0.2, 0) is 32.7 Å². The first-order valence-electron chi connectivity index (χ1n) is 27.7. The number of phosphoric ester groups is 1. The number of likely N-dealkylation sites (N-methyl/N-ethyl adjacent to an activating group) is 1. The van der Waals surface area contributed by atoms with Crippen molar-refractivity contribution >= 4 is 19.8 Å². The minimum Gasteiger partial charge on any atom is -0.462 e. The van der Waals surface area contributed by atoms with Gasteiger partial charge in [-0.3, -0.25) is 18.6 Å². The van der Waals surface area contributed by atoms with E-state index in [1.165, 1.54) is 180 Å². The van der Waals surface area contributed by atoms with Crippen LogP contribution in [0.1, 0.15) is 258 Å². The maximum atomic E-state index is 12.8. The zero-order chi connectivity index (χ0) is 48.5. The Balaban J connectivity index is 4.19. The standard InChI is InChI=1S/C56H106NO8P/c1-6-8-10-12-14-16-18-20-22-24-26-27-28-29-31-33-35-37-39-41-43-45-47-49-56(59)65-54(53-64-66(60,61)63-51-50-57(3,4)5)52-62-55(58)48-46-44-42-40-38-36-34-32-30-25-23-21-19-17-15-13-11-9-7-2/h18,20-21,23-24,26,54H,6-17,19,22,25,27-53H2,1-5H3/p+1/b20-18-,23-21-,26-24-. The van der Waals surface area contributed by atoms with Gasteiger partial charge in [0.1, 0.15) is 19.8 Å². The first-order chi connectivity index (χ1) is 32.0. The van der Waals surface area contributed by atoms with Crippen molar-refractivity contribution in [2.24, 2.45) is 0 Å². The maximum absolute atomic E-state index is 12.8. The lowest BCUT2D eigenvalue weighted by atomic mass is 10.0. The minimum atomic E-state index is -4.38. The molecule has 0 bridgehead atoms. The molecule has 0 radical (unpaired) electrons. The van der Waals surface area contributed by atoms with E-state index < -0.39 is 26.5 Å².